The predicted molar refractivity (Wildman–Crippen MR) is 68.9 cm³/mol. The Morgan fingerprint density at radius 2 is 2.06 bits per heavy atom. The Hall–Kier alpha value is -2.04. The zero-order valence-corrected chi connectivity index (χ0v) is 11.0. The summed E-state index contributed by atoms with van der Waals surface area (Å²) in [5.41, 5.74) is 1.56. The molecule has 4 nitrogen and oxygen atoms in total. The molecule has 0 heterocycles. The molecular weight excluding hydrogens is 226 g/mol. The number of rotatable bonds is 5. The maximum absolute atomic E-state index is 8.91. The van der Waals surface area contributed by atoms with Crippen LogP contribution in [0.25, 0.3) is 0 Å². The van der Waals surface area contributed by atoms with Crippen LogP contribution in [-0.4, -0.2) is 24.6 Å². The van der Waals surface area contributed by atoms with Crippen molar-refractivity contribution in [2.75, 3.05) is 13.7 Å². The van der Waals surface area contributed by atoms with Gasteiger partial charge < -0.3 is 4.74 Å². The highest BCUT2D eigenvalue weighted by atomic mass is 16.5. The zero-order chi connectivity index (χ0) is 13.5. The molecule has 0 aromatic heterocycles. The second kappa shape index (κ2) is 6.64. The van der Waals surface area contributed by atoms with Gasteiger partial charge in [0.1, 0.15) is 11.8 Å². The summed E-state index contributed by atoms with van der Waals surface area (Å²) in [6.45, 7) is 5.17. The maximum Gasteiger partial charge on any atom is 0.136 e. The monoisotopic (exact) mass is 243 g/mol. The van der Waals surface area contributed by atoms with E-state index in [-0.39, 0.29) is 0 Å². The topological polar surface area (TPSA) is 60.0 Å². The normalized spacial score (nSPS) is 10.2. The molecule has 0 aliphatic rings. The molecule has 0 saturated heterocycles. The van der Waals surface area contributed by atoms with Crippen molar-refractivity contribution in [3.8, 4) is 17.9 Å². The molecule has 18 heavy (non-hydrogen) atoms. The first-order valence-corrected chi connectivity index (χ1v) is 5.80. The van der Waals surface area contributed by atoms with Crippen LogP contribution in [0.5, 0.6) is 5.75 Å². The summed E-state index contributed by atoms with van der Waals surface area (Å²) in [7, 11) is 1.55. The van der Waals surface area contributed by atoms with Gasteiger partial charge in [0.15, 0.2) is 0 Å². The Balaban J connectivity index is 2.91. The Labute approximate surface area is 108 Å². The van der Waals surface area contributed by atoms with Crippen LogP contribution in [0.4, 0.5) is 0 Å². The Morgan fingerprint density at radius 3 is 2.56 bits per heavy atom. The van der Waals surface area contributed by atoms with Gasteiger partial charge in [0, 0.05) is 12.6 Å². The van der Waals surface area contributed by atoms with Crippen LogP contribution in [-0.2, 0) is 6.54 Å². The molecular formula is C14H17N3O. The maximum atomic E-state index is 8.91. The van der Waals surface area contributed by atoms with E-state index in [1.165, 1.54) is 0 Å². The molecule has 0 amide bonds. The van der Waals surface area contributed by atoms with Gasteiger partial charge in [-0.15, -0.1) is 0 Å². The summed E-state index contributed by atoms with van der Waals surface area (Å²) in [5, 5.41) is 17.7. The highest BCUT2D eigenvalue weighted by Gasteiger charge is 2.11. The molecule has 0 radical (unpaired) electrons. The standard InChI is InChI=1S/C14H17N3O/c1-11(2)17(7-6-15)10-12-4-5-13(9-16)14(8-12)18-3/h4-5,8,11H,7,10H2,1-3H3. The molecule has 0 N–H and O–H groups in total. The fourth-order valence-corrected chi connectivity index (χ4v) is 1.67. The molecule has 0 bridgehead atoms. The van der Waals surface area contributed by atoms with Crippen molar-refractivity contribution in [2.24, 2.45) is 0 Å². The Bertz CT molecular complexity index is 483. The Kier molecular flexibility index (Phi) is 5.17. The van der Waals surface area contributed by atoms with Crippen LogP contribution in [0.3, 0.4) is 0 Å². The predicted octanol–water partition coefficient (Wildman–Crippen LogP) is 2.30. The lowest BCUT2D eigenvalue weighted by Gasteiger charge is -2.23. The van der Waals surface area contributed by atoms with Crippen LogP contribution in [0, 0.1) is 22.7 Å². The zero-order valence-electron chi connectivity index (χ0n) is 11.0. The molecule has 4 heteroatoms. The average Bonchev–Trinajstić information content (AvgIpc) is 2.37. The van der Waals surface area contributed by atoms with E-state index in [4.69, 9.17) is 15.3 Å². The minimum atomic E-state index is 0.297. The second-order valence-electron chi connectivity index (χ2n) is 4.30. The summed E-state index contributed by atoms with van der Waals surface area (Å²) in [6, 6.07) is 10.0. The van der Waals surface area contributed by atoms with Gasteiger partial charge in [-0.2, -0.15) is 10.5 Å². The lowest BCUT2D eigenvalue weighted by molar-refractivity contribution is 0.240. The van der Waals surface area contributed by atoms with Crippen molar-refractivity contribution in [2.45, 2.75) is 26.4 Å². The molecule has 0 aliphatic heterocycles. The third-order valence-corrected chi connectivity index (χ3v) is 2.78. The van der Waals surface area contributed by atoms with Crippen LogP contribution in [0.1, 0.15) is 25.0 Å². The van der Waals surface area contributed by atoms with E-state index in [0.29, 0.717) is 30.4 Å². The van der Waals surface area contributed by atoms with Crippen molar-refractivity contribution in [3.63, 3.8) is 0 Å². The first kappa shape index (κ1) is 14.0. The molecule has 0 unspecified atom stereocenters. The number of nitrogens with zero attached hydrogens (tertiary/aromatic N) is 3. The van der Waals surface area contributed by atoms with Gasteiger partial charge in [-0.1, -0.05) is 6.07 Å². The van der Waals surface area contributed by atoms with Gasteiger partial charge in [0.25, 0.3) is 0 Å². The fourth-order valence-electron chi connectivity index (χ4n) is 1.67. The van der Waals surface area contributed by atoms with Crippen molar-refractivity contribution in [3.05, 3.63) is 29.3 Å². The SMILES string of the molecule is COc1cc(CN(CC#N)C(C)C)ccc1C#N. The van der Waals surface area contributed by atoms with Gasteiger partial charge >= 0.3 is 0 Å². The van der Waals surface area contributed by atoms with E-state index in [0.717, 1.165) is 5.56 Å². The van der Waals surface area contributed by atoms with E-state index in [9.17, 15) is 0 Å². The lowest BCUT2D eigenvalue weighted by Crippen LogP contribution is -2.30. The highest BCUT2D eigenvalue weighted by molar-refractivity contribution is 5.45. The van der Waals surface area contributed by atoms with E-state index >= 15 is 0 Å². The molecule has 1 aromatic carbocycles. The highest BCUT2D eigenvalue weighted by Crippen LogP contribution is 2.20. The average molecular weight is 243 g/mol. The smallest absolute Gasteiger partial charge is 0.136 e. The second-order valence-corrected chi connectivity index (χ2v) is 4.30. The van der Waals surface area contributed by atoms with E-state index in [1.807, 2.05) is 12.1 Å². The van der Waals surface area contributed by atoms with Crippen molar-refractivity contribution >= 4 is 0 Å². The van der Waals surface area contributed by atoms with Gasteiger partial charge in [0.05, 0.1) is 25.3 Å². The van der Waals surface area contributed by atoms with Crippen LogP contribution in [0.15, 0.2) is 18.2 Å². The number of hydrogen-bond acceptors (Lipinski definition) is 4. The largest absolute Gasteiger partial charge is 0.495 e. The summed E-state index contributed by atoms with van der Waals surface area (Å²) in [6.07, 6.45) is 0. The molecule has 94 valence electrons. The minimum Gasteiger partial charge on any atom is -0.495 e. The van der Waals surface area contributed by atoms with E-state index in [1.54, 1.807) is 13.2 Å². The number of ether oxygens (including phenoxy) is 1. The first-order valence-electron chi connectivity index (χ1n) is 5.80. The van der Waals surface area contributed by atoms with Gasteiger partial charge in [-0.25, -0.2) is 0 Å². The van der Waals surface area contributed by atoms with Crippen molar-refractivity contribution < 1.29 is 4.74 Å². The van der Waals surface area contributed by atoms with Gasteiger partial charge in [-0.05, 0) is 31.5 Å². The number of methoxy groups -OCH3 is 1. The van der Waals surface area contributed by atoms with Crippen LogP contribution >= 0.6 is 0 Å². The third kappa shape index (κ3) is 3.48. The number of hydrogen-bond donors (Lipinski definition) is 0. The molecule has 0 atom stereocenters. The summed E-state index contributed by atoms with van der Waals surface area (Å²) < 4.78 is 5.17. The van der Waals surface area contributed by atoms with E-state index < -0.39 is 0 Å². The summed E-state index contributed by atoms with van der Waals surface area (Å²) in [4.78, 5) is 2.06. The van der Waals surface area contributed by atoms with Crippen molar-refractivity contribution in [1.82, 2.24) is 4.90 Å². The van der Waals surface area contributed by atoms with Gasteiger partial charge in [-0.3, -0.25) is 4.90 Å². The molecule has 1 rings (SSSR count). The van der Waals surface area contributed by atoms with Crippen molar-refractivity contribution in [1.29, 1.82) is 10.5 Å². The first-order chi connectivity index (χ1) is 8.62. The quantitative estimate of drug-likeness (QED) is 0.744. The molecule has 0 aliphatic carbocycles. The molecule has 0 saturated carbocycles. The lowest BCUT2D eigenvalue weighted by atomic mass is 10.1. The molecule has 1 aromatic rings. The molecule has 0 fully saturated rings. The number of benzene rings is 1. The minimum absolute atomic E-state index is 0.297. The van der Waals surface area contributed by atoms with Crippen LogP contribution in [0.2, 0.25) is 0 Å². The van der Waals surface area contributed by atoms with E-state index in [2.05, 4.69) is 30.9 Å². The summed E-state index contributed by atoms with van der Waals surface area (Å²) >= 11 is 0. The van der Waals surface area contributed by atoms with Gasteiger partial charge in [0.2, 0.25) is 0 Å². The Morgan fingerprint density at radius 1 is 1.33 bits per heavy atom. The third-order valence-electron chi connectivity index (χ3n) is 2.78. The summed E-state index contributed by atoms with van der Waals surface area (Å²) in [5.74, 6) is 0.579. The fraction of sp³-hybridized carbons (Fsp3) is 0.429. The van der Waals surface area contributed by atoms with Crippen LogP contribution < -0.4 is 4.74 Å². The number of nitriles is 2. The molecule has 0 spiro atoms.